The minimum atomic E-state index is 0.265. The van der Waals surface area contributed by atoms with Gasteiger partial charge in [0.05, 0.1) is 0 Å². The van der Waals surface area contributed by atoms with E-state index in [1.807, 2.05) is 0 Å². The highest BCUT2D eigenvalue weighted by molar-refractivity contribution is 6.30. The molecule has 1 aliphatic carbocycles. The third-order valence-corrected chi connectivity index (χ3v) is 2.83. The molecule has 2 heteroatoms. The number of benzene rings is 1. The molecule has 13 heavy (non-hydrogen) atoms. The van der Waals surface area contributed by atoms with Crippen LogP contribution in [0.3, 0.4) is 0 Å². The number of rotatable bonds is 2. The minimum absolute atomic E-state index is 0.265. The first-order valence-electron chi connectivity index (χ1n) is 4.48. The van der Waals surface area contributed by atoms with Gasteiger partial charge in [-0.05, 0) is 36.6 Å². The molecule has 2 atom stereocenters. The van der Waals surface area contributed by atoms with Crippen LogP contribution in [0.2, 0.25) is 5.02 Å². The average molecular weight is 195 g/mol. The minimum Gasteiger partial charge on any atom is -0.294 e. The molecule has 0 amide bonds. The first kappa shape index (κ1) is 8.76. The third kappa shape index (κ3) is 1.75. The third-order valence-electron chi connectivity index (χ3n) is 2.57. The number of hydrogen-bond donors (Lipinski definition) is 0. The van der Waals surface area contributed by atoms with Gasteiger partial charge < -0.3 is 0 Å². The van der Waals surface area contributed by atoms with Gasteiger partial charge in [-0.2, -0.15) is 0 Å². The first-order valence-corrected chi connectivity index (χ1v) is 4.86. The second-order valence-corrected chi connectivity index (χ2v) is 4.13. The number of Topliss-reactive ketones (excluding diaryl/α,β-unsaturated/α-hetero) is 1. The van der Waals surface area contributed by atoms with E-state index in [-0.39, 0.29) is 11.7 Å². The van der Waals surface area contributed by atoms with E-state index in [9.17, 15) is 4.79 Å². The molecule has 1 aromatic carbocycles. The van der Waals surface area contributed by atoms with Crippen LogP contribution < -0.4 is 0 Å². The Bertz CT molecular complexity index is 328. The van der Waals surface area contributed by atoms with Crippen LogP contribution in [0.15, 0.2) is 24.3 Å². The highest BCUT2D eigenvalue weighted by Crippen LogP contribution is 2.40. The highest BCUT2D eigenvalue weighted by atomic mass is 35.5. The summed E-state index contributed by atoms with van der Waals surface area (Å²) >= 11 is 5.73. The summed E-state index contributed by atoms with van der Waals surface area (Å²) in [5, 5.41) is 0.681. The summed E-state index contributed by atoms with van der Waals surface area (Å²) in [4.78, 5) is 11.7. The zero-order valence-electron chi connectivity index (χ0n) is 7.46. The van der Waals surface area contributed by atoms with Crippen molar-refractivity contribution in [1.82, 2.24) is 0 Å². The molecule has 2 rings (SSSR count). The maximum atomic E-state index is 11.7. The smallest absolute Gasteiger partial charge is 0.166 e. The summed E-state index contributed by atoms with van der Waals surface area (Å²) in [5.74, 6) is 1.11. The first-order chi connectivity index (χ1) is 6.18. The SMILES string of the molecule is CC1CC1C(=O)c1ccc(Cl)cc1. The Hall–Kier alpha value is -0.820. The van der Waals surface area contributed by atoms with Crippen LogP contribution in [-0.2, 0) is 0 Å². The Morgan fingerprint density at radius 2 is 1.92 bits per heavy atom. The average Bonchev–Trinajstić information content (AvgIpc) is 2.83. The van der Waals surface area contributed by atoms with E-state index in [4.69, 9.17) is 11.6 Å². The van der Waals surface area contributed by atoms with E-state index in [1.54, 1.807) is 24.3 Å². The van der Waals surface area contributed by atoms with E-state index >= 15 is 0 Å². The molecule has 1 aliphatic rings. The number of carbonyl (C=O) groups excluding carboxylic acids is 1. The van der Waals surface area contributed by atoms with E-state index in [1.165, 1.54) is 0 Å². The Morgan fingerprint density at radius 1 is 1.38 bits per heavy atom. The maximum Gasteiger partial charge on any atom is 0.166 e. The number of carbonyl (C=O) groups is 1. The van der Waals surface area contributed by atoms with Gasteiger partial charge in [0.2, 0.25) is 0 Å². The molecular formula is C11H11ClO. The van der Waals surface area contributed by atoms with Crippen LogP contribution in [0.5, 0.6) is 0 Å². The lowest BCUT2D eigenvalue weighted by molar-refractivity contribution is 0.0962. The molecule has 2 unspecified atom stereocenters. The number of ketones is 1. The molecular weight excluding hydrogens is 184 g/mol. The summed E-state index contributed by atoms with van der Waals surface area (Å²) in [6.07, 6.45) is 1.04. The van der Waals surface area contributed by atoms with Gasteiger partial charge in [0.25, 0.3) is 0 Å². The largest absolute Gasteiger partial charge is 0.294 e. The lowest BCUT2D eigenvalue weighted by Crippen LogP contribution is -2.01. The Balaban J connectivity index is 2.17. The summed E-state index contributed by atoms with van der Waals surface area (Å²) in [7, 11) is 0. The fraction of sp³-hybridized carbons (Fsp3) is 0.364. The van der Waals surface area contributed by atoms with Gasteiger partial charge in [0, 0.05) is 16.5 Å². The van der Waals surface area contributed by atoms with Gasteiger partial charge in [0.15, 0.2) is 5.78 Å². The second-order valence-electron chi connectivity index (χ2n) is 3.69. The van der Waals surface area contributed by atoms with Gasteiger partial charge >= 0.3 is 0 Å². The monoisotopic (exact) mass is 194 g/mol. The molecule has 0 spiro atoms. The Morgan fingerprint density at radius 3 is 2.38 bits per heavy atom. The lowest BCUT2D eigenvalue weighted by atomic mass is 10.1. The fourth-order valence-corrected chi connectivity index (χ4v) is 1.64. The molecule has 0 radical (unpaired) electrons. The second kappa shape index (κ2) is 3.15. The lowest BCUT2D eigenvalue weighted by Gasteiger charge is -1.98. The van der Waals surface area contributed by atoms with Crippen molar-refractivity contribution < 1.29 is 4.79 Å². The zero-order valence-corrected chi connectivity index (χ0v) is 8.21. The van der Waals surface area contributed by atoms with Gasteiger partial charge in [0.1, 0.15) is 0 Å². The quantitative estimate of drug-likeness (QED) is 0.661. The van der Waals surface area contributed by atoms with Gasteiger partial charge in [-0.15, -0.1) is 0 Å². The van der Waals surface area contributed by atoms with Crippen LogP contribution in [0.4, 0.5) is 0 Å². The topological polar surface area (TPSA) is 17.1 Å². The predicted molar refractivity (Wildman–Crippen MR) is 53.1 cm³/mol. The molecule has 68 valence electrons. The molecule has 0 aromatic heterocycles. The zero-order chi connectivity index (χ0) is 9.42. The van der Waals surface area contributed by atoms with Crippen LogP contribution in [-0.4, -0.2) is 5.78 Å². The van der Waals surface area contributed by atoms with Crippen molar-refractivity contribution in [3.05, 3.63) is 34.9 Å². The molecule has 1 aromatic rings. The molecule has 0 aliphatic heterocycles. The van der Waals surface area contributed by atoms with E-state index in [0.29, 0.717) is 10.9 Å². The molecule has 1 nitrogen and oxygen atoms in total. The predicted octanol–water partition coefficient (Wildman–Crippen LogP) is 3.18. The van der Waals surface area contributed by atoms with Gasteiger partial charge in [-0.1, -0.05) is 18.5 Å². The summed E-state index contributed by atoms with van der Waals surface area (Å²) in [6.45, 7) is 2.11. The Kier molecular flexibility index (Phi) is 2.12. The fourth-order valence-electron chi connectivity index (χ4n) is 1.52. The highest BCUT2D eigenvalue weighted by Gasteiger charge is 2.39. The standard InChI is InChI=1S/C11H11ClO/c1-7-6-10(7)11(13)8-2-4-9(12)5-3-8/h2-5,7,10H,6H2,1H3. The van der Waals surface area contributed by atoms with E-state index in [0.717, 1.165) is 12.0 Å². The molecule has 0 saturated heterocycles. The van der Waals surface area contributed by atoms with Crippen molar-refractivity contribution in [2.24, 2.45) is 11.8 Å². The van der Waals surface area contributed by atoms with Crippen LogP contribution >= 0.6 is 11.6 Å². The molecule has 0 N–H and O–H groups in total. The Labute approximate surface area is 82.7 Å². The van der Waals surface area contributed by atoms with Gasteiger partial charge in [-0.25, -0.2) is 0 Å². The summed E-state index contributed by atoms with van der Waals surface area (Å²) in [5.41, 5.74) is 0.791. The van der Waals surface area contributed by atoms with Crippen molar-refractivity contribution in [3.8, 4) is 0 Å². The van der Waals surface area contributed by atoms with Crippen molar-refractivity contribution in [2.45, 2.75) is 13.3 Å². The van der Waals surface area contributed by atoms with E-state index < -0.39 is 0 Å². The number of hydrogen-bond acceptors (Lipinski definition) is 1. The summed E-state index contributed by atoms with van der Waals surface area (Å²) in [6, 6.07) is 7.13. The molecule has 1 saturated carbocycles. The molecule has 1 fully saturated rings. The molecule has 0 heterocycles. The van der Waals surface area contributed by atoms with E-state index in [2.05, 4.69) is 6.92 Å². The van der Waals surface area contributed by atoms with Crippen LogP contribution in [0.1, 0.15) is 23.7 Å². The van der Waals surface area contributed by atoms with Crippen molar-refractivity contribution in [1.29, 1.82) is 0 Å². The maximum absolute atomic E-state index is 11.7. The van der Waals surface area contributed by atoms with Crippen LogP contribution in [0.25, 0.3) is 0 Å². The normalized spacial score (nSPS) is 25.7. The van der Waals surface area contributed by atoms with Crippen molar-refractivity contribution in [2.75, 3.05) is 0 Å². The number of halogens is 1. The summed E-state index contributed by atoms with van der Waals surface area (Å²) < 4.78 is 0. The van der Waals surface area contributed by atoms with Crippen molar-refractivity contribution >= 4 is 17.4 Å². The van der Waals surface area contributed by atoms with Crippen LogP contribution in [0, 0.1) is 11.8 Å². The molecule has 0 bridgehead atoms. The van der Waals surface area contributed by atoms with Gasteiger partial charge in [-0.3, -0.25) is 4.79 Å². The van der Waals surface area contributed by atoms with Crippen molar-refractivity contribution in [3.63, 3.8) is 0 Å².